The minimum Gasteiger partial charge on any atom is -0.348 e. The summed E-state index contributed by atoms with van der Waals surface area (Å²) in [6, 6.07) is 6.67. The van der Waals surface area contributed by atoms with Crippen molar-refractivity contribution >= 4 is 40.7 Å². The summed E-state index contributed by atoms with van der Waals surface area (Å²) in [4.78, 5) is 20.3. The average Bonchev–Trinajstić information content (AvgIpc) is 2.51. The van der Waals surface area contributed by atoms with Crippen LogP contribution < -0.4 is 10.6 Å². The molecule has 5 nitrogen and oxygen atoms in total. The van der Waals surface area contributed by atoms with E-state index in [1.54, 1.807) is 24.3 Å². The van der Waals surface area contributed by atoms with Gasteiger partial charge in [0.15, 0.2) is 0 Å². The molecule has 116 valence electrons. The molecule has 1 atom stereocenters. The summed E-state index contributed by atoms with van der Waals surface area (Å²) >= 11 is 12.0. The summed E-state index contributed by atoms with van der Waals surface area (Å²) < 4.78 is 0. The van der Waals surface area contributed by atoms with Crippen molar-refractivity contribution in [1.29, 1.82) is 0 Å². The molecule has 2 rings (SSSR count). The van der Waals surface area contributed by atoms with Gasteiger partial charge in [-0.25, -0.2) is 9.97 Å². The topological polar surface area (TPSA) is 66.9 Å². The molecule has 2 aromatic rings. The lowest BCUT2D eigenvalue weighted by molar-refractivity contribution is 0.0934. The highest BCUT2D eigenvalue weighted by molar-refractivity contribution is 6.35. The van der Waals surface area contributed by atoms with Crippen molar-refractivity contribution in [2.75, 3.05) is 5.32 Å². The number of amides is 1. The highest BCUT2D eigenvalue weighted by atomic mass is 35.5. The van der Waals surface area contributed by atoms with Gasteiger partial charge in [-0.2, -0.15) is 0 Å². The molecule has 0 bridgehead atoms. The minimum absolute atomic E-state index is 0.0845. The van der Waals surface area contributed by atoms with E-state index in [1.165, 1.54) is 6.20 Å². The van der Waals surface area contributed by atoms with Crippen LogP contribution in [-0.4, -0.2) is 21.9 Å². The maximum Gasteiger partial charge on any atom is 0.270 e. The fourth-order valence-electron chi connectivity index (χ4n) is 1.66. The van der Waals surface area contributed by atoms with E-state index in [1.807, 2.05) is 13.8 Å². The molecule has 0 saturated heterocycles. The fourth-order valence-corrected chi connectivity index (χ4v) is 2.00. The number of nitrogens with one attached hydrogen (secondary N) is 2. The van der Waals surface area contributed by atoms with Gasteiger partial charge in [-0.1, -0.05) is 30.1 Å². The monoisotopic (exact) mass is 338 g/mol. The van der Waals surface area contributed by atoms with Crippen LogP contribution in [0.2, 0.25) is 10.0 Å². The Morgan fingerprint density at radius 1 is 1.32 bits per heavy atom. The van der Waals surface area contributed by atoms with Crippen molar-refractivity contribution in [3.05, 3.63) is 46.2 Å². The lowest BCUT2D eigenvalue weighted by Crippen LogP contribution is -2.32. The molecule has 1 aromatic carbocycles. The number of nitrogens with zero attached hydrogens (tertiary/aromatic N) is 2. The molecular formula is C15H16Cl2N4O. The van der Waals surface area contributed by atoms with Crippen LogP contribution in [0.4, 0.5) is 11.6 Å². The molecule has 2 N–H and O–H groups in total. The van der Waals surface area contributed by atoms with Gasteiger partial charge in [0.05, 0.1) is 10.7 Å². The van der Waals surface area contributed by atoms with Gasteiger partial charge in [-0.3, -0.25) is 4.79 Å². The molecule has 1 unspecified atom stereocenters. The number of aromatic nitrogens is 2. The van der Waals surface area contributed by atoms with Crippen molar-refractivity contribution < 1.29 is 4.79 Å². The summed E-state index contributed by atoms with van der Waals surface area (Å²) in [5.74, 6) is 0.0398. The van der Waals surface area contributed by atoms with E-state index in [2.05, 4.69) is 20.6 Å². The van der Waals surface area contributed by atoms with Gasteiger partial charge >= 0.3 is 0 Å². The first-order valence-corrected chi connectivity index (χ1v) is 7.61. The predicted molar refractivity (Wildman–Crippen MR) is 89.0 cm³/mol. The van der Waals surface area contributed by atoms with Gasteiger partial charge in [0, 0.05) is 17.3 Å². The Morgan fingerprint density at radius 3 is 2.82 bits per heavy atom. The first kappa shape index (κ1) is 16.5. The minimum atomic E-state index is -0.239. The second kappa shape index (κ2) is 7.42. The Hall–Kier alpha value is -1.85. The number of carbonyl (C=O) groups excluding carboxylic acids is 1. The molecular weight excluding hydrogens is 323 g/mol. The second-order valence-electron chi connectivity index (χ2n) is 4.80. The smallest absolute Gasteiger partial charge is 0.270 e. The normalized spacial score (nSPS) is 11.8. The summed E-state index contributed by atoms with van der Waals surface area (Å²) in [5.41, 5.74) is 0.865. The van der Waals surface area contributed by atoms with E-state index in [-0.39, 0.29) is 23.6 Å². The van der Waals surface area contributed by atoms with Crippen LogP contribution in [0.1, 0.15) is 30.8 Å². The van der Waals surface area contributed by atoms with E-state index in [9.17, 15) is 4.79 Å². The molecule has 1 amide bonds. The molecule has 7 heteroatoms. The van der Waals surface area contributed by atoms with E-state index in [4.69, 9.17) is 23.2 Å². The van der Waals surface area contributed by atoms with Crippen LogP contribution in [-0.2, 0) is 0 Å². The average molecular weight is 339 g/mol. The van der Waals surface area contributed by atoms with Crippen LogP contribution in [0.3, 0.4) is 0 Å². The largest absolute Gasteiger partial charge is 0.348 e. The van der Waals surface area contributed by atoms with Gasteiger partial charge < -0.3 is 10.6 Å². The lowest BCUT2D eigenvalue weighted by atomic mass is 10.2. The highest BCUT2D eigenvalue weighted by Crippen LogP contribution is 2.27. The summed E-state index contributed by atoms with van der Waals surface area (Å²) in [5, 5.41) is 6.84. The molecule has 0 aliphatic heterocycles. The number of rotatable bonds is 5. The van der Waals surface area contributed by atoms with Crippen molar-refractivity contribution in [2.24, 2.45) is 0 Å². The van der Waals surface area contributed by atoms with E-state index < -0.39 is 0 Å². The molecule has 0 fully saturated rings. The Bertz CT molecular complexity index is 678. The number of carbonyl (C=O) groups is 1. The Kier molecular flexibility index (Phi) is 5.57. The van der Waals surface area contributed by atoms with Crippen LogP contribution in [0, 0.1) is 0 Å². The molecule has 0 radical (unpaired) electrons. The molecule has 22 heavy (non-hydrogen) atoms. The first-order valence-electron chi connectivity index (χ1n) is 6.85. The van der Waals surface area contributed by atoms with Gasteiger partial charge in [0.1, 0.15) is 5.69 Å². The third kappa shape index (κ3) is 4.32. The molecule has 0 aliphatic rings. The molecule has 0 spiro atoms. The molecule has 0 saturated carbocycles. The van der Waals surface area contributed by atoms with E-state index >= 15 is 0 Å². The van der Waals surface area contributed by atoms with Gasteiger partial charge in [0.2, 0.25) is 5.95 Å². The van der Waals surface area contributed by atoms with E-state index in [0.29, 0.717) is 15.7 Å². The summed E-state index contributed by atoms with van der Waals surface area (Å²) in [6.07, 6.45) is 2.36. The number of hydrogen-bond donors (Lipinski definition) is 2. The standard InChI is InChI=1S/C15H16Cl2N4O/c1-3-9(2)19-14(22)12-6-7-18-15(20-12)21-13-8-10(16)4-5-11(13)17/h4-9H,3H2,1-2H3,(H,19,22)(H,18,20,21). The maximum atomic E-state index is 12.1. The zero-order chi connectivity index (χ0) is 16.1. The van der Waals surface area contributed by atoms with E-state index in [0.717, 1.165) is 6.42 Å². The summed E-state index contributed by atoms with van der Waals surface area (Å²) in [7, 11) is 0. The SMILES string of the molecule is CCC(C)NC(=O)c1ccnc(Nc2cc(Cl)ccc2Cl)n1. The molecule has 1 aromatic heterocycles. The molecule has 1 heterocycles. The van der Waals surface area contributed by atoms with Crippen molar-refractivity contribution in [3.8, 4) is 0 Å². The third-order valence-electron chi connectivity index (χ3n) is 3.05. The van der Waals surface area contributed by atoms with Crippen LogP contribution in [0.15, 0.2) is 30.5 Å². The Balaban J connectivity index is 2.18. The van der Waals surface area contributed by atoms with Gasteiger partial charge in [-0.05, 0) is 37.6 Å². The zero-order valence-corrected chi connectivity index (χ0v) is 13.7. The Morgan fingerprint density at radius 2 is 2.09 bits per heavy atom. The molecule has 0 aliphatic carbocycles. The third-order valence-corrected chi connectivity index (χ3v) is 3.62. The van der Waals surface area contributed by atoms with Crippen molar-refractivity contribution in [3.63, 3.8) is 0 Å². The van der Waals surface area contributed by atoms with Crippen molar-refractivity contribution in [1.82, 2.24) is 15.3 Å². The lowest BCUT2D eigenvalue weighted by Gasteiger charge is -2.12. The Labute approximate surface area is 139 Å². The van der Waals surface area contributed by atoms with Gasteiger partial charge in [-0.15, -0.1) is 0 Å². The first-order chi connectivity index (χ1) is 10.5. The predicted octanol–water partition coefficient (Wildman–Crippen LogP) is 4.06. The van der Waals surface area contributed by atoms with Crippen LogP contribution >= 0.6 is 23.2 Å². The van der Waals surface area contributed by atoms with Crippen LogP contribution in [0.25, 0.3) is 0 Å². The summed E-state index contributed by atoms with van der Waals surface area (Å²) in [6.45, 7) is 3.93. The number of hydrogen-bond acceptors (Lipinski definition) is 4. The zero-order valence-electron chi connectivity index (χ0n) is 12.2. The maximum absolute atomic E-state index is 12.1. The highest BCUT2D eigenvalue weighted by Gasteiger charge is 2.11. The fraction of sp³-hybridized carbons (Fsp3) is 0.267. The van der Waals surface area contributed by atoms with Gasteiger partial charge in [0.25, 0.3) is 5.91 Å². The van der Waals surface area contributed by atoms with Crippen molar-refractivity contribution in [2.45, 2.75) is 26.3 Å². The number of halogens is 2. The van der Waals surface area contributed by atoms with Crippen LogP contribution in [0.5, 0.6) is 0 Å². The number of anilines is 2. The quantitative estimate of drug-likeness (QED) is 0.862. The number of benzene rings is 1. The second-order valence-corrected chi connectivity index (χ2v) is 5.64.